The highest BCUT2D eigenvalue weighted by molar-refractivity contribution is 5.20. The average molecular weight is 236 g/mol. The van der Waals surface area contributed by atoms with Gasteiger partial charge in [-0.2, -0.15) is 0 Å². The van der Waals surface area contributed by atoms with Gasteiger partial charge in [0.1, 0.15) is 11.5 Å². The van der Waals surface area contributed by atoms with Gasteiger partial charge in [0.05, 0.1) is 13.1 Å². The molecule has 0 saturated heterocycles. The second-order valence-corrected chi connectivity index (χ2v) is 5.50. The summed E-state index contributed by atoms with van der Waals surface area (Å²) in [4.78, 5) is 2.39. The maximum Gasteiger partial charge on any atom is 0.120 e. The van der Waals surface area contributed by atoms with Gasteiger partial charge in [0, 0.05) is 12.1 Å². The Morgan fingerprint density at radius 2 is 2.18 bits per heavy atom. The summed E-state index contributed by atoms with van der Waals surface area (Å²) >= 11 is 0. The minimum absolute atomic E-state index is 0.497. The van der Waals surface area contributed by atoms with Crippen LogP contribution in [0.4, 0.5) is 0 Å². The first-order valence-corrected chi connectivity index (χ1v) is 6.58. The summed E-state index contributed by atoms with van der Waals surface area (Å²) in [6.07, 6.45) is 2.69. The van der Waals surface area contributed by atoms with Crippen molar-refractivity contribution in [1.29, 1.82) is 0 Å². The molecule has 17 heavy (non-hydrogen) atoms. The molecule has 0 amide bonds. The van der Waals surface area contributed by atoms with Crippen LogP contribution in [0.15, 0.2) is 10.5 Å². The van der Waals surface area contributed by atoms with E-state index in [4.69, 9.17) is 4.42 Å². The van der Waals surface area contributed by atoms with Crippen LogP contribution in [0.2, 0.25) is 0 Å². The molecule has 1 aromatic heterocycles. The highest BCUT2D eigenvalue weighted by atomic mass is 16.3. The molecule has 1 aromatic rings. The summed E-state index contributed by atoms with van der Waals surface area (Å²) in [5.74, 6) is 2.18. The first kappa shape index (κ1) is 12.7. The molecule has 2 rings (SSSR count). The summed E-state index contributed by atoms with van der Waals surface area (Å²) in [5.41, 5.74) is 1.26. The van der Waals surface area contributed by atoms with E-state index in [1.54, 1.807) is 0 Å². The fraction of sp³-hybridized carbons (Fsp3) is 0.714. The zero-order valence-corrected chi connectivity index (χ0v) is 11.4. The molecule has 1 aliphatic carbocycles. The van der Waals surface area contributed by atoms with Gasteiger partial charge < -0.3 is 9.73 Å². The zero-order chi connectivity index (χ0) is 12.4. The Bertz CT molecular complexity index is 366. The van der Waals surface area contributed by atoms with E-state index in [9.17, 15) is 0 Å². The van der Waals surface area contributed by atoms with Gasteiger partial charge in [-0.15, -0.1) is 0 Å². The molecule has 0 radical (unpaired) electrons. The molecule has 3 heteroatoms. The van der Waals surface area contributed by atoms with Crippen LogP contribution in [0.3, 0.4) is 0 Å². The average Bonchev–Trinajstić information content (AvgIpc) is 3.02. The van der Waals surface area contributed by atoms with Crippen molar-refractivity contribution >= 4 is 0 Å². The van der Waals surface area contributed by atoms with E-state index in [1.807, 2.05) is 0 Å². The third-order valence-electron chi connectivity index (χ3n) is 3.32. The molecule has 1 fully saturated rings. The quantitative estimate of drug-likeness (QED) is 0.823. The Kier molecular flexibility index (Phi) is 3.89. The third kappa shape index (κ3) is 3.58. The maximum atomic E-state index is 5.91. The first-order chi connectivity index (χ1) is 8.06. The fourth-order valence-electron chi connectivity index (χ4n) is 2.03. The van der Waals surface area contributed by atoms with E-state index in [2.05, 4.69) is 44.1 Å². The molecule has 0 aromatic carbocycles. The molecular weight excluding hydrogens is 212 g/mol. The Morgan fingerprint density at radius 3 is 2.76 bits per heavy atom. The summed E-state index contributed by atoms with van der Waals surface area (Å²) in [6, 6.07) is 3.46. The highest BCUT2D eigenvalue weighted by Crippen LogP contribution is 2.27. The van der Waals surface area contributed by atoms with Crippen LogP contribution >= 0.6 is 0 Å². The lowest BCUT2D eigenvalue weighted by Gasteiger charge is -2.13. The second-order valence-electron chi connectivity index (χ2n) is 5.50. The second kappa shape index (κ2) is 5.23. The number of nitrogens with one attached hydrogen (secondary N) is 1. The standard InChI is InChI=1S/C14H24N2O/c1-10(2)15-8-14-11(3)7-13(17-14)9-16(4)12-5-6-12/h7,10,12,15H,5-6,8-9H2,1-4H3. The van der Waals surface area contributed by atoms with Crippen molar-refractivity contribution in [3.05, 3.63) is 23.2 Å². The van der Waals surface area contributed by atoms with Gasteiger partial charge in [0.15, 0.2) is 0 Å². The fourth-order valence-corrected chi connectivity index (χ4v) is 2.03. The largest absolute Gasteiger partial charge is 0.463 e. The van der Waals surface area contributed by atoms with E-state index in [0.29, 0.717) is 6.04 Å². The number of rotatable bonds is 6. The van der Waals surface area contributed by atoms with Gasteiger partial charge in [0.25, 0.3) is 0 Å². The van der Waals surface area contributed by atoms with E-state index in [-0.39, 0.29) is 0 Å². The van der Waals surface area contributed by atoms with Crippen LogP contribution in [0.5, 0.6) is 0 Å². The topological polar surface area (TPSA) is 28.4 Å². The summed E-state index contributed by atoms with van der Waals surface area (Å²) in [6.45, 7) is 8.20. The number of nitrogens with zero attached hydrogens (tertiary/aromatic N) is 1. The molecule has 1 saturated carbocycles. The molecule has 0 unspecified atom stereocenters. The van der Waals surface area contributed by atoms with Crippen molar-refractivity contribution < 1.29 is 4.42 Å². The molecule has 3 nitrogen and oxygen atoms in total. The van der Waals surface area contributed by atoms with Gasteiger partial charge in [-0.1, -0.05) is 13.8 Å². The zero-order valence-electron chi connectivity index (χ0n) is 11.4. The lowest BCUT2D eigenvalue weighted by molar-refractivity contribution is 0.280. The van der Waals surface area contributed by atoms with Crippen molar-refractivity contribution in [3.8, 4) is 0 Å². The third-order valence-corrected chi connectivity index (χ3v) is 3.32. The summed E-state index contributed by atoms with van der Waals surface area (Å²) < 4.78 is 5.91. The molecule has 0 aliphatic heterocycles. The van der Waals surface area contributed by atoms with Crippen LogP contribution in [0, 0.1) is 6.92 Å². The van der Waals surface area contributed by atoms with Crippen LogP contribution < -0.4 is 5.32 Å². The molecule has 0 spiro atoms. The molecule has 96 valence electrons. The van der Waals surface area contributed by atoms with E-state index < -0.39 is 0 Å². The minimum Gasteiger partial charge on any atom is -0.463 e. The van der Waals surface area contributed by atoms with E-state index in [0.717, 1.165) is 30.7 Å². The highest BCUT2D eigenvalue weighted by Gasteiger charge is 2.26. The normalized spacial score (nSPS) is 16.1. The number of aryl methyl sites for hydroxylation is 1. The molecule has 1 N–H and O–H groups in total. The van der Waals surface area contributed by atoms with Gasteiger partial charge in [-0.25, -0.2) is 0 Å². The predicted octanol–water partition coefficient (Wildman–Crippen LogP) is 2.68. The SMILES string of the molecule is Cc1cc(CN(C)C2CC2)oc1CNC(C)C. The smallest absolute Gasteiger partial charge is 0.120 e. The Labute approximate surface area is 104 Å². The number of furan rings is 1. The molecular formula is C14H24N2O. The van der Waals surface area contributed by atoms with Crippen molar-refractivity contribution in [2.45, 2.75) is 58.8 Å². The predicted molar refractivity (Wildman–Crippen MR) is 69.9 cm³/mol. The number of hydrogen-bond donors (Lipinski definition) is 1. The lowest BCUT2D eigenvalue weighted by atomic mass is 10.2. The molecule has 0 bridgehead atoms. The van der Waals surface area contributed by atoms with Crippen LogP contribution in [0.1, 0.15) is 43.8 Å². The van der Waals surface area contributed by atoms with Crippen molar-refractivity contribution in [1.82, 2.24) is 10.2 Å². The maximum absolute atomic E-state index is 5.91. The molecule has 0 atom stereocenters. The Balaban J connectivity index is 1.92. The Morgan fingerprint density at radius 1 is 1.47 bits per heavy atom. The minimum atomic E-state index is 0.497. The van der Waals surface area contributed by atoms with Crippen molar-refractivity contribution in [2.75, 3.05) is 7.05 Å². The Hall–Kier alpha value is -0.800. The molecule has 1 heterocycles. The van der Waals surface area contributed by atoms with E-state index in [1.165, 1.54) is 18.4 Å². The van der Waals surface area contributed by atoms with Gasteiger partial charge in [-0.05, 0) is 38.4 Å². The van der Waals surface area contributed by atoms with Crippen LogP contribution in [-0.2, 0) is 13.1 Å². The van der Waals surface area contributed by atoms with Crippen LogP contribution in [0.25, 0.3) is 0 Å². The van der Waals surface area contributed by atoms with Crippen molar-refractivity contribution in [3.63, 3.8) is 0 Å². The number of hydrogen-bond acceptors (Lipinski definition) is 3. The van der Waals surface area contributed by atoms with Crippen LogP contribution in [-0.4, -0.2) is 24.0 Å². The first-order valence-electron chi connectivity index (χ1n) is 6.58. The summed E-state index contributed by atoms with van der Waals surface area (Å²) in [5, 5.41) is 3.40. The van der Waals surface area contributed by atoms with Crippen molar-refractivity contribution in [2.24, 2.45) is 0 Å². The monoisotopic (exact) mass is 236 g/mol. The van der Waals surface area contributed by atoms with E-state index >= 15 is 0 Å². The van der Waals surface area contributed by atoms with Gasteiger partial charge in [0.2, 0.25) is 0 Å². The van der Waals surface area contributed by atoms with Gasteiger partial charge >= 0.3 is 0 Å². The summed E-state index contributed by atoms with van der Waals surface area (Å²) in [7, 11) is 2.18. The lowest BCUT2D eigenvalue weighted by Crippen LogP contribution is -2.22. The van der Waals surface area contributed by atoms with Gasteiger partial charge in [-0.3, -0.25) is 4.90 Å². The molecule has 1 aliphatic rings.